The predicted octanol–water partition coefficient (Wildman–Crippen LogP) is 5.14. The van der Waals surface area contributed by atoms with Gasteiger partial charge in [0.15, 0.2) is 11.4 Å². The molecule has 6 bridgehead atoms. The summed E-state index contributed by atoms with van der Waals surface area (Å²) in [5.74, 6) is -0.00655. The van der Waals surface area contributed by atoms with Crippen LogP contribution < -0.4 is 15.0 Å². The third-order valence-electron chi connectivity index (χ3n) is 11.0. The first-order valence-corrected chi connectivity index (χ1v) is 17.4. The van der Waals surface area contributed by atoms with E-state index >= 15 is 4.39 Å². The Morgan fingerprint density at radius 2 is 2.12 bits per heavy atom. The van der Waals surface area contributed by atoms with Crippen molar-refractivity contribution in [1.82, 2.24) is 35.4 Å². The minimum absolute atomic E-state index is 0.0208. The van der Waals surface area contributed by atoms with Gasteiger partial charge in [-0.25, -0.2) is 13.6 Å². The highest BCUT2D eigenvalue weighted by atomic mass is 35.5. The number of carbonyl (C=O) groups is 1. The Labute approximate surface area is 285 Å². The summed E-state index contributed by atoms with van der Waals surface area (Å²) in [5, 5.41) is 11.7. The number of carbonyl (C=O) groups excluding carboxylic acids is 1. The topological polar surface area (TPSA) is 131 Å². The van der Waals surface area contributed by atoms with Crippen molar-refractivity contribution in [1.29, 1.82) is 0 Å². The number of hydrogen-bond acceptors (Lipinski definition) is 10. The summed E-state index contributed by atoms with van der Waals surface area (Å²) in [4.78, 5) is 31.4. The number of aromatic amines is 1. The third-order valence-corrected chi connectivity index (χ3v) is 11.3. The van der Waals surface area contributed by atoms with Gasteiger partial charge in [-0.15, -0.1) is 0 Å². The van der Waals surface area contributed by atoms with Crippen LogP contribution in [0.1, 0.15) is 50.5 Å². The zero-order chi connectivity index (χ0) is 33.5. The van der Waals surface area contributed by atoms with Gasteiger partial charge < -0.3 is 24.4 Å². The van der Waals surface area contributed by atoms with Crippen molar-refractivity contribution in [2.24, 2.45) is 5.92 Å². The number of H-pyrrole nitrogens is 1. The molecule has 8 heterocycles. The van der Waals surface area contributed by atoms with Gasteiger partial charge in [-0.1, -0.05) is 11.6 Å². The molecule has 0 spiro atoms. The molecular weight excluding hydrogens is 658 g/mol. The Hall–Kier alpha value is -3.88. The largest absolute Gasteiger partial charge is 0.461 e. The average molecular weight is 695 g/mol. The SMILES string of the molecule is CC12COCCN(C1)c1nc(OC[C@@]34CCCN3C[C@H](F)C4)nc3c(F)c(ncc13)-c1c(c(Cl)cc3[nH]ncc13)C1CC1CCNC(=O)O2. The van der Waals surface area contributed by atoms with Crippen molar-refractivity contribution in [3.05, 3.63) is 34.9 Å². The number of hydrogen-bond donors (Lipinski definition) is 2. The summed E-state index contributed by atoms with van der Waals surface area (Å²) < 4.78 is 50.0. The van der Waals surface area contributed by atoms with E-state index in [1.165, 1.54) is 0 Å². The second-order valence-corrected chi connectivity index (χ2v) is 14.9. The van der Waals surface area contributed by atoms with Crippen LogP contribution in [0.15, 0.2) is 18.5 Å². The maximum absolute atomic E-state index is 17.3. The van der Waals surface area contributed by atoms with E-state index < -0.39 is 29.2 Å². The monoisotopic (exact) mass is 694 g/mol. The van der Waals surface area contributed by atoms with Crippen molar-refractivity contribution in [2.45, 2.75) is 62.3 Å². The summed E-state index contributed by atoms with van der Waals surface area (Å²) in [6.45, 7) is 4.68. The van der Waals surface area contributed by atoms with Crippen LogP contribution in [-0.2, 0) is 9.47 Å². The van der Waals surface area contributed by atoms with Crippen LogP contribution in [-0.4, -0.2) is 106 Å². The number of ether oxygens (including phenoxy) is 3. The molecule has 4 fully saturated rings. The number of rotatable bonds is 3. The summed E-state index contributed by atoms with van der Waals surface area (Å²) in [6.07, 6.45) is 5.44. The van der Waals surface area contributed by atoms with Crippen LogP contribution in [0.25, 0.3) is 33.1 Å². The molecule has 3 saturated heterocycles. The Kier molecular flexibility index (Phi) is 7.36. The Balaban J connectivity index is 1.22. The molecule has 4 aromatic rings. The fraction of sp³-hybridized carbons (Fsp3) is 0.559. The lowest BCUT2D eigenvalue weighted by molar-refractivity contribution is -0.0264. The maximum Gasteiger partial charge on any atom is 0.407 e. The molecule has 1 aliphatic carbocycles. The summed E-state index contributed by atoms with van der Waals surface area (Å²) >= 11 is 6.94. The quantitative estimate of drug-likeness (QED) is 0.297. The molecule has 1 amide bonds. The van der Waals surface area contributed by atoms with E-state index in [-0.39, 0.29) is 48.8 Å². The number of benzene rings is 1. The molecule has 49 heavy (non-hydrogen) atoms. The maximum atomic E-state index is 17.3. The molecule has 15 heteroatoms. The molecule has 3 aromatic heterocycles. The number of alkyl carbamates (subject to hydrolysis) is 1. The van der Waals surface area contributed by atoms with Gasteiger partial charge >= 0.3 is 12.1 Å². The first kappa shape index (κ1) is 31.1. The molecule has 1 aromatic carbocycles. The number of nitrogens with zero attached hydrogens (tertiary/aromatic N) is 6. The molecule has 2 N–H and O–H groups in total. The van der Waals surface area contributed by atoms with Crippen molar-refractivity contribution in [3.63, 3.8) is 0 Å². The van der Waals surface area contributed by atoms with Crippen molar-refractivity contribution in [2.75, 3.05) is 57.4 Å². The van der Waals surface area contributed by atoms with Crippen LogP contribution >= 0.6 is 11.6 Å². The second-order valence-electron chi connectivity index (χ2n) is 14.5. The van der Waals surface area contributed by atoms with Crippen LogP contribution in [0, 0.1) is 11.7 Å². The smallest absolute Gasteiger partial charge is 0.407 e. The minimum Gasteiger partial charge on any atom is -0.461 e. The van der Waals surface area contributed by atoms with Crippen LogP contribution in [0.5, 0.6) is 6.01 Å². The lowest BCUT2D eigenvalue weighted by Gasteiger charge is -2.33. The fourth-order valence-electron chi connectivity index (χ4n) is 8.61. The van der Waals surface area contributed by atoms with Crippen LogP contribution in [0.2, 0.25) is 5.02 Å². The van der Waals surface area contributed by atoms with Crippen molar-refractivity contribution in [3.8, 4) is 17.3 Å². The number of fused-ring (bicyclic) bond motifs is 7. The lowest BCUT2D eigenvalue weighted by Crippen LogP contribution is -2.48. The first-order valence-electron chi connectivity index (χ1n) is 17.0. The highest BCUT2D eigenvalue weighted by Gasteiger charge is 2.49. The van der Waals surface area contributed by atoms with E-state index in [0.717, 1.165) is 31.4 Å². The van der Waals surface area contributed by atoms with Crippen molar-refractivity contribution < 1.29 is 27.8 Å². The molecule has 3 unspecified atom stereocenters. The van der Waals surface area contributed by atoms with Gasteiger partial charge in [0.2, 0.25) is 0 Å². The average Bonchev–Trinajstić information content (AvgIpc) is 3.37. The van der Waals surface area contributed by atoms with E-state index in [2.05, 4.69) is 25.4 Å². The second kappa shape index (κ2) is 11.6. The zero-order valence-electron chi connectivity index (χ0n) is 27.1. The first-order chi connectivity index (χ1) is 23.7. The van der Waals surface area contributed by atoms with Gasteiger partial charge in [0.05, 0.1) is 42.4 Å². The van der Waals surface area contributed by atoms with E-state index in [4.69, 9.17) is 35.8 Å². The highest BCUT2D eigenvalue weighted by Crippen LogP contribution is 2.55. The van der Waals surface area contributed by atoms with Gasteiger partial charge in [0, 0.05) is 48.2 Å². The van der Waals surface area contributed by atoms with Gasteiger partial charge in [-0.3, -0.25) is 15.0 Å². The number of anilines is 1. The summed E-state index contributed by atoms with van der Waals surface area (Å²) in [7, 11) is 0. The number of pyridine rings is 1. The number of amides is 1. The molecular formula is C34H37ClF2N8O4. The van der Waals surface area contributed by atoms with Gasteiger partial charge in [-0.05, 0) is 62.6 Å². The minimum atomic E-state index is -1.04. The number of nitrogens with one attached hydrogen (secondary N) is 2. The third kappa shape index (κ3) is 5.34. The van der Waals surface area contributed by atoms with E-state index in [1.807, 2.05) is 17.9 Å². The molecule has 5 aliphatic heterocycles. The summed E-state index contributed by atoms with van der Waals surface area (Å²) in [5.41, 5.74) is 0.680. The number of alkyl halides is 1. The highest BCUT2D eigenvalue weighted by molar-refractivity contribution is 6.33. The molecule has 12 nitrogen and oxygen atoms in total. The summed E-state index contributed by atoms with van der Waals surface area (Å²) in [6, 6.07) is 1.80. The standard InChI is InChI=1S/C34H37ClF2N8O4/c1-33-15-44(7-8-47-16-33)30-22-12-39-29(27(37)28(22)41-31(42-30)48-17-34-4-2-6-45(34)14-19(36)11-34)26-21-13-40-43-24(21)10-23(35)25(26)20-9-18(20)3-5-38-32(46)49-33/h10,12-13,18-20H,2-9,11,14-17H2,1H3,(H,38,46)(H,40,43)/t18?,19-,20?,33?,34+/m1/s1. The van der Waals surface area contributed by atoms with E-state index in [0.29, 0.717) is 71.8 Å². The van der Waals surface area contributed by atoms with Crippen LogP contribution in [0.4, 0.5) is 19.4 Å². The van der Waals surface area contributed by atoms with Gasteiger partial charge in [0.1, 0.15) is 29.8 Å². The molecule has 258 valence electrons. The fourth-order valence-corrected chi connectivity index (χ4v) is 8.96. The molecule has 1 saturated carbocycles. The number of halogens is 3. The normalized spacial score (nSPS) is 30.1. The lowest BCUT2D eigenvalue weighted by atomic mass is 9.94. The van der Waals surface area contributed by atoms with Gasteiger partial charge in [-0.2, -0.15) is 15.1 Å². The Bertz CT molecular complexity index is 1980. The predicted molar refractivity (Wildman–Crippen MR) is 177 cm³/mol. The van der Waals surface area contributed by atoms with Gasteiger partial charge in [0.25, 0.3) is 0 Å². The van der Waals surface area contributed by atoms with Crippen LogP contribution in [0.3, 0.4) is 0 Å². The Morgan fingerprint density at radius 3 is 3.02 bits per heavy atom. The molecule has 6 aliphatic rings. The van der Waals surface area contributed by atoms with Crippen molar-refractivity contribution >= 4 is 45.3 Å². The Morgan fingerprint density at radius 1 is 1.22 bits per heavy atom. The molecule has 0 radical (unpaired) electrons. The van der Waals surface area contributed by atoms with E-state index in [1.54, 1.807) is 12.4 Å². The van der Waals surface area contributed by atoms with E-state index in [9.17, 15) is 9.18 Å². The zero-order valence-corrected chi connectivity index (χ0v) is 27.9. The molecule has 10 rings (SSSR count). The number of aromatic nitrogens is 5. The molecule has 5 atom stereocenters.